The number of amides is 1. The minimum atomic E-state index is -0.471. The number of halogens is 1. The van der Waals surface area contributed by atoms with Crippen LogP contribution in [0.5, 0.6) is 5.75 Å². The van der Waals surface area contributed by atoms with Gasteiger partial charge in [-0.25, -0.2) is 14.3 Å². The molecule has 2 heterocycles. The number of nitrogens with one attached hydrogen (secondary N) is 2. The average Bonchev–Trinajstić information content (AvgIpc) is 3.27. The maximum atomic E-state index is 14.4. The van der Waals surface area contributed by atoms with E-state index >= 15 is 0 Å². The molecule has 0 atom stereocenters. The van der Waals surface area contributed by atoms with Crippen LogP contribution in [0, 0.1) is 5.82 Å². The first-order valence-corrected chi connectivity index (χ1v) is 11.8. The van der Waals surface area contributed by atoms with E-state index in [9.17, 15) is 14.0 Å². The summed E-state index contributed by atoms with van der Waals surface area (Å²) in [6, 6.07) is 15.4. The molecule has 0 saturated carbocycles. The number of aromatic amines is 1. The second-order valence-electron chi connectivity index (χ2n) is 8.39. The lowest BCUT2D eigenvalue weighted by atomic mass is 10.1. The van der Waals surface area contributed by atoms with E-state index < -0.39 is 11.7 Å². The molecule has 4 aromatic rings. The lowest BCUT2D eigenvalue weighted by molar-refractivity contribution is 0.102. The second-order valence-corrected chi connectivity index (χ2v) is 8.39. The molecule has 2 N–H and O–H groups in total. The quantitative estimate of drug-likeness (QED) is 0.410. The fraction of sp³-hybridized carbons (Fsp3) is 0.269. The van der Waals surface area contributed by atoms with E-state index in [-0.39, 0.29) is 17.9 Å². The number of aromatic nitrogens is 3. The molecule has 36 heavy (non-hydrogen) atoms. The first-order chi connectivity index (χ1) is 17.5. The van der Waals surface area contributed by atoms with Crippen molar-refractivity contribution < 1.29 is 18.7 Å². The number of anilines is 2. The van der Waals surface area contributed by atoms with E-state index in [2.05, 4.69) is 15.5 Å². The molecule has 10 heteroatoms. The Kier molecular flexibility index (Phi) is 6.68. The lowest BCUT2D eigenvalue weighted by Crippen LogP contribution is -2.36. The van der Waals surface area contributed by atoms with Crippen molar-refractivity contribution in [3.63, 3.8) is 0 Å². The molecule has 0 unspecified atom stereocenters. The number of morpholine rings is 1. The molecule has 3 aromatic carbocycles. The number of ether oxygens (including phenoxy) is 2. The third-order valence-electron chi connectivity index (χ3n) is 6.16. The van der Waals surface area contributed by atoms with E-state index in [1.807, 2.05) is 36.1 Å². The summed E-state index contributed by atoms with van der Waals surface area (Å²) in [4.78, 5) is 26.9. The van der Waals surface area contributed by atoms with Crippen molar-refractivity contribution in [2.45, 2.75) is 20.1 Å². The molecule has 5 rings (SSSR count). The highest BCUT2D eigenvalue weighted by atomic mass is 19.1. The van der Waals surface area contributed by atoms with Crippen LogP contribution in [0.4, 0.5) is 15.8 Å². The van der Waals surface area contributed by atoms with Crippen LogP contribution in [0.2, 0.25) is 0 Å². The van der Waals surface area contributed by atoms with Crippen molar-refractivity contribution in [1.29, 1.82) is 0 Å². The van der Waals surface area contributed by atoms with Crippen LogP contribution >= 0.6 is 0 Å². The summed E-state index contributed by atoms with van der Waals surface area (Å²) in [6.45, 7) is 4.86. The van der Waals surface area contributed by atoms with Crippen LogP contribution in [-0.4, -0.2) is 47.0 Å². The van der Waals surface area contributed by atoms with Gasteiger partial charge >= 0.3 is 5.69 Å². The predicted molar refractivity (Wildman–Crippen MR) is 134 cm³/mol. The van der Waals surface area contributed by atoms with Crippen molar-refractivity contribution in [3.05, 3.63) is 82.3 Å². The van der Waals surface area contributed by atoms with Crippen molar-refractivity contribution in [3.8, 4) is 5.75 Å². The molecule has 1 fully saturated rings. The molecular weight excluding hydrogens is 465 g/mol. The fourth-order valence-electron chi connectivity index (χ4n) is 4.34. The maximum absolute atomic E-state index is 14.4. The number of rotatable bonds is 7. The summed E-state index contributed by atoms with van der Waals surface area (Å²) in [7, 11) is 0. The molecule has 1 amide bonds. The summed E-state index contributed by atoms with van der Waals surface area (Å²) < 4.78 is 27.2. The van der Waals surface area contributed by atoms with Gasteiger partial charge in [0.1, 0.15) is 18.2 Å². The highest BCUT2D eigenvalue weighted by Gasteiger charge is 2.17. The Labute approximate surface area is 206 Å². The molecular formula is C26H26FN5O4. The monoisotopic (exact) mass is 491 g/mol. The third-order valence-corrected chi connectivity index (χ3v) is 6.16. The van der Waals surface area contributed by atoms with E-state index in [4.69, 9.17) is 9.47 Å². The van der Waals surface area contributed by atoms with Gasteiger partial charge in [-0.2, -0.15) is 5.10 Å². The SMILES string of the molecule is CCn1c(COc2ccc(NC(=O)c3cc(F)cc(N4CCOCC4)c3)c3ccccc23)n[nH]c1=O. The summed E-state index contributed by atoms with van der Waals surface area (Å²) >= 11 is 0. The fourth-order valence-corrected chi connectivity index (χ4v) is 4.34. The van der Waals surface area contributed by atoms with E-state index in [1.165, 1.54) is 16.7 Å². The van der Waals surface area contributed by atoms with Crippen LogP contribution in [0.15, 0.2) is 59.4 Å². The Morgan fingerprint density at radius 2 is 1.92 bits per heavy atom. The average molecular weight is 492 g/mol. The van der Waals surface area contributed by atoms with Crippen LogP contribution in [-0.2, 0) is 17.9 Å². The molecule has 0 bridgehead atoms. The molecule has 186 valence electrons. The molecule has 1 aliphatic heterocycles. The zero-order chi connectivity index (χ0) is 25.1. The highest BCUT2D eigenvalue weighted by molar-refractivity contribution is 6.10. The zero-order valence-electron chi connectivity index (χ0n) is 19.8. The van der Waals surface area contributed by atoms with E-state index in [1.54, 1.807) is 18.2 Å². The first kappa shape index (κ1) is 23.6. The van der Waals surface area contributed by atoms with Crippen LogP contribution < -0.4 is 20.6 Å². The molecule has 0 radical (unpaired) electrons. The van der Waals surface area contributed by atoms with Gasteiger partial charge in [-0.05, 0) is 37.3 Å². The number of carbonyl (C=O) groups is 1. The standard InChI is InChI=1S/C26H26FN5O4/c1-2-32-24(29-30-26(32)34)16-36-23-8-7-22(20-5-3-4-6-21(20)23)28-25(33)17-13-18(27)15-19(14-17)31-9-11-35-12-10-31/h3-8,13-15H,2,9-12,16H2,1H3,(H,28,33)(H,30,34). The number of carbonyl (C=O) groups excluding carboxylic acids is 1. The first-order valence-electron chi connectivity index (χ1n) is 11.8. The minimum Gasteiger partial charge on any atom is -0.485 e. The number of benzene rings is 3. The van der Waals surface area contributed by atoms with E-state index in [0.717, 1.165) is 10.8 Å². The van der Waals surface area contributed by atoms with Gasteiger partial charge in [0.15, 0.2) is 5.82 Å². The van der Waals surface area contributed by atoms with Crippen molar-refractivity contribution in [2.75, 3.05) is 36.5 Å². The van der Waals surface area contributed by atoms with Gasteiger partial charge < -0.3 is 19.7 Å². The number of H-pyrrole nitrogens is 1. The Bertz CT molecular complexity index is 1460. The number of nitrogens with zero attached hydrogens (tertiary/aromatic N) is 3. The number of hydrogen-bond donors (Lipinski definition) is 2. The molecule has 1 aliphatic rings. The van der Waals surface area contributed by atoms with Gasteiger partial charge in [0.25, 0.3) is 5.91 Å². The molecule has 0 spiro atoms. The predicted octanol–water partition coefficient (Wildman–Crippen LogP) is 3.55. The Balaban J connectivity index is 1.39. The van der Waals surface area contributed by atoms with Crippen molar-refractivity contribution >= 4 is 28.1 Å². The Hall–Kier alpha value is -4.18. The normalized spacial score (nSPS) is 13.7. The summed E-state index contributed by atoms with van der Waals surface area (Å²) in [5.74, 6) is 0.196. The van der Waals surface area contributed by atoms with Gasteiger partial charge in [0, 0.05) is 47.3 Å². The van der Waals surface area contributed by atoms with Gasteiger partial charge in [0.2, 0.25) is 0 Å². The molecule has 1 saturated heterocycles. The number of hydrogen-bond acceptors (Lipinski definition) is 6. The van der Waals surface area contributed by atoms with Crippen LogP contribution in [0.25, 0.3) is 10.8 Å². The largest absolute Gasteiger partial charge is 0.485 e. The van der Waals surface area contributed by atoms with E-state index in [0.29, 0.717) is 55.8 Å². The minimum absolute atomic E-state index is 0.107. The van der Waals surface area contributed by atoms with Crippen molar-refractivity contribution in [2.24, 2.45) is 0 Å². The van der Waals surface area contributed by atoms with Gasteiger partial charge in [-0.15, -0.1) is 0 Å². The molecule has 0 aliphatic carbocycles. The smallest absolute Gasteiger partial charge is 0.343 e. The maximum Gasteiger partial charge on any atom is 0.343 e. The molecule has 1 aromatic heterocycles. The van der Waals surface area contributed by atoms with Crippen molar-refractivity contribution in [1.82, 2.24) is 14.8 Å². The highest BCUT2D eigenvalue weighted by Crippen LogP contribution is 2.32. The van der Waals surface area contributed by atoms with Gasteiger partial charge in [-0.1, -0.05) is 24.3 Å². The van der Waals surface area contributed by atoms with Gasteiger partial charge in [0.05, 0.1) is 13.2 Å². The number of fused-ring (bicyclic) bond motifs is 1. The van der Waals surface area contributed by atoms with Crippen LogP contribution in [0.1, 0.15) is 23.1 Å². The Morgan fingerprint density at radius 3 is 2.69 bits per heavy atom. The van der Waals surface area contributed by atoms with Crippen LogP contribution in [0.3, 0.4) is 0 Å². The topological polar surface area (TPSA) is 101 Å². The Morgan fingerprint density at radius 1 is 1.14 bits per heavy atom. The molecule has 9 nitrogen and oxygen atoms in total. The lowest BCUT2D eigenvalue weighted by Gasteiger charge is -2.29. The summed E-state index contributed by atoms with van der Waals surface area (Å²) in [5.41, 5.74) is 1.18. The zero-order valence-corrected chi connectivity index (χ0v) is 19.8. The third kappa shape index (κ3) is 4.80. The summed E-state index contributed by atoms with van der Waals surface area (Å²) in [6.07, 6.45) is 0. The van der Waals surface area contributed by atoms with Gasteiger partial charge in [-0.3, -0.25) is 9.36 Å². The summed E-state index contributed by atoms with van der Waals surface area (Å²) in [5, 5.41) is 10.9. The second kappa shape index (κ2) is 10.2.